The number of rotatable bonds is 9. The number of pyridine rings is 1. The van der Waals surface area contributed by atoms with Crippen LogP contribution in [0.4, 0.5) is 0 Å². The number of Topliss-reactive ketones (excluding diaryl/α,β-unsaturated/α-hetero) is 1. The maximum Gasteiger partial charge on any atom is 0.273 e. The number of unbranched alkanes of at least 4 members (excludes halogenated alkanes) is 2. The normalized spacial score (nSPS) is 14.5. The van der Waals surface area contributed by atoms with Crippen LogP contribution in [0.2, 0.25) is 0 Å². The average molecular weight is 487 g/mol. The Morgan fingerprint density at radius 2 is 1.83 bits per heavy atom. The summed E-state index contributed by atoms with van der Waals surface area (Å²) >= 11 is 1.53. The average Bonchev–Trinajstić information content (AvgIpc) is 3.58. The molecule has 0 bridgehead atoms. The van der Waals surface area contributed by atoms with E-state index in [1.165, 1.54) is 17.8 Å². The quantitative estimate of drug-likeness (QED) is 0.210. The monoisotopic (exact) mass is 486 g/mol. The van der Waals surface area contributed by atoms with E-state index in [4.69, 9.17) is 0 Å². The highest BCUT2D eigenvalue weighted by Crippen LogP contribution is 2.27. The Bertz CT molecular complexity index is 1290. The number of fused-ring (bicyclic) bond motifs is 1. The van der Waals surface area contributed by atoms with Gasteiger partial charge in [-0.15, -0.1) is 11.3 Å². The maximum atomic E-state index is 12.9. The van der Waals surface area contributed by atoms with Gasteiger partial charge in [0.1, 0.15) is 16.3 Å². The molecule has 1 saturated heterocycles. The molecule has 0 atom stereocenters. The van der Waals surface area contributed by atoms with Crippen molar-refractivity contribution in [1.82, 2.24) is 19.3 Å². The molecule has 1 aliphatic heterocycles. The highest BCUT2D eigenvalue weighted by Gasteiger charge is 2.25. The van der Waals surface area contributed by atoms with Crippen LogP contribution in [-0.4, -0.2) is 44.0 Å². The molecule has 3 aromatic heterocycles. The van der Waals surface area contributed by atoms with Crippen LogP contribution in [-0.2, 0) is 0 Å². The number of imidazole rings is 1. The molecule has 6 nitrogen and oxygen atoms in total. The van der Waals surface area contributed by atoms with Gasteiger partial charge in [-0.2, -0.15) is 0 Å². The predicted octanol–water partition coefficient (Wildman–Crippen LogP) is 6.14. The molecule has 0 spiro atoms. The lowest BCUT2D eigenvalue weighted by Crippen LogP contribution is -2.38. The van der Waals surface area contributed by atoms with Crippen molar-refractivity contribution in [2.75, 3.05) is 13.1 Å². The first kappa shape index (κ1) is 23.4. The van der Waals surface area contributed by atoms with Gasteiger partial charge in [-0.1, -0.05) is 49.6 Å². The summed E-state index contributed by atoms with van der Waals surface area (Å²) in [5.41, 5.74) is 3.22. The van der Waals surface area contributed by atoms with Crippen LogP contribution in [0, 0.1) is 5.92 Å². The van der Waals surface area contributed by atoms with Crippen LogP contribution in [0.3, 0.4) is 0 Å². The van der Waals surface area contributed by atoms with E-state index in [0.29, 0.717) is 18.0 Å². The molecular formula is C28H30N4O2S. The first-order valence-corrected chi connectivity index (χ1v) is 13.3. The van der Waals surface area contributed by atoms with Gasteiger partial charge in [-0.05, 0) is 37.3 Å². The van der Waals surface area contributed by atoms with Gasteiger partial charge >= 0.3 is 0 Å². The number of likely N-dealkylation sites (tertiary alicyclic amines) is 1. The molecule has 1 aromatic carbocycles. The van der Waals surface area contributed by atoms with Crippen molar-refractivity contribution in [3.05, 3.63) is 77.7 Å². The SMILES string of the molecule is O=C(CCCCCC1CCN(C(=O)c2csc(-c3ccccc3)n2)CC1)c1ccc2nccn2c1. The summed E-state index contributed by atoms with van der Waals surface area (Å²) in [6, 6.07) is 13.8. The first-order chi connectivity index (χ1) is 17.2. The standard InChI is InChI=1S/C28H30N4O2S/c33-25(23-11-12-26-29-15-18-32(26)19-23)10-6-1-3-7-21-13-16-31(17-14-21)28(34)24-20-35-27(30-24)22-8-4-2-5-9-22/h2,4-5,8-9,11-12,15,18-21H,1,3,6-7,10,13-14,16-17H2. The Kier molecular flexibility index (Phi) is 7.33. The Morgan fingerprint density at radius 3 is 2.66 bits per heavy atom. The third kappa shape index (κ3) is 5.68. The molecule has 1 aliphatic rings. The Balaban J connectivity index is 1.01. The number of benzene rings is 1. The van der Waals surface area contributed by atoms with E-state index in [1.807, 2.05) is 69.5 Å². The number of ketones is 1. The fourth-order valence-electron chi connectivity index (χ4n) is 4.80. The lowest BCUT2D eigenvalue weighted by Gasteiger charge is -2.31. The van der Waals surface area contributed by atoms with Crippen molar-refractivity contribution >= 4 is 28.7 Å². The van der Waals surface area contributed by atoms with Crippen molar-refractivity contribution in [2.45, 2.75) is 44.9 Å². The number of piperidine rings is 1. The zero-order valence-electron chi connectivity index (χ0n) is 19.8. The van der Waals surface area contributed by atoms with Gasteiger partial charge in [0.05, 0.1) is 0 Å². The zero-order chi connectivity index (χ0) is 24.0. The van der Waals surface area contributed by atoms with Crippen molar-refractivity contribution in [3.63, 3.8) is 0 Å². The first-order valence-electron chi connectivity index (χ1n) is 12.4. The van der Waals surface area contributed by atoms with Crippen molar-refractivity contribution in [1.29, 1.82) is 0 Å². The Labute approximate surface area is 209 Å². The van der Waals surface area contributed by atoms with Gasteiger partial charge in [0, 0.05) is 54.6 Å². The number of aromatic nitrogens is 3. The second kappa shape index (κ2) is 11.0. The molecule has 0 saturated carbocycles. The van der Waals surface area contributed by atoms with Crippen LogP contribution >= 0.6 is 11.3 Å². The van der Waals surface area contributed by atoms with Crippen molar-refractivity contribution in [2.24, 2.45) is 5.92 Å². The summed E-state index contributed by atoms with van der Waals surface area (Å²) in [4.78, 5) is 36.2. The molecule has 4 heterocycles. The number of carbonyl (C=O) groups excluding carboxylic acids is 2. The van der Waals surface area contributed by atoms with Gasteiger partial charge in [-0.3, -0.25) is 9.59 Å². The smallest absolute Gasteiger partial charge is 0.273 e. The van der Waals surface area contributed by atoms with E-state index in [2.05, 4.69) is 9.97 Å². The minimum Gasteiger partial charge on any atom is -0.337 e. The highest BCUT2D eigenvalue weighted by atomic mass is 32.1. The molecule has 7 heteroatoms. The molecule has 0 unspecified atom stereocenters. The predicted molar refractivity (Wildman–Crippen MR) is 139 cm³/mol. The third-order valence-electron chi connectivity index (χ3n) is 6.87. The van der Waals surface area contributed by atoms with E-state index in [-0.39, 0.29) is 11.7 Å². The molecule has 0 aliphatic carbocycles. The zero-order valence-corrected chi connectivity index (χ0v) is 20.6. The van der Waals surface area contributed by atoms with Gasteiger partial charge < -0.3 is 9.30 Å². The lowest BCUT2D eigenvalue weighted by molar-refractivity contribution is 0.0680. The fraction of sp³-hybridized carbons (Fsp3) is 0.357. The number of nitrogens with zero attached hydrogens (tertiary/aromatic N) is 4. The van der Waals surface area contributed by atoms with Crippen LogP contribution in [0.25, 0.3) is 16.2 Å². The summed E-state index contributed by atoms with van der Waals surface area (Å²) in [7, 11) is 0. The molecule has 5 rings (SSSR count). The molecule has 4 aromatic rings. The van der Waals surface area contributed by atoms with Crippen molar-refractivity contribution < 1.29 is 9.59 Å². The summed E-state index contributed by atoms with van der Waals surface area (Å²) in [5, 5.41) is 2.77. The fourth-order valence-corrected chi connectivity index (χ4v) is 5.60. The molecule has 35 heavy (non-hydrogen) atoms. The molecular weight excluding hydrogens is 456 g/mol. The molecule has 0 N–H and O–H groups in total. The molecule has 1 fully saturated rings. The van der Waals surface area contributed by atoms with Gasteiger partial charge in [-0.25, -0.2) is 9.97 Å². The Morgan fingerprint density at radius 1 is 1.00 bits per heavy atom. The summed E-state index contributed by atoms with van der Waals surface area (Å²) in [5.74, 6) is 0.910. The maximum absolute atomic E-state index is 12.9. The van der Waals surface area contributed by atoms with Gasteiger partial charge in [0.15, 0.2) is 5.78 Å². The van der Waals surface area contributed by atoms with E-state index in [0.717, 1.165) is 67.0 Å². The lowest BCUT2D eigenvalue weighted by atomic mass is 9.91. The largest absolute Gasteiger partial charge is 0.337 e. The summed E-state index contributed by atoms with van der Waals surface area (Å²) in [6.07, 6.45) is 12.5. The highest BCUT2D eigenvalue weighted by molar-refractivity contribution is 7.13. The number of hydrogen-bond acceptors (Lipinski definition) is 5. The molecule has 180 valence electrons. The number of carbonyl (C=O) groups is 2. The van der Waals surface area contributed by atoms with E-state index < -0.39 is 0 Å². The minimum atomic E-state index is 0.0503. The Hall–Kier alpha value is -3.32. The van der Waals surface area contributed by atoms with E-state index >= 15 is 0 Å². The van der Waals surface area contributed by atoms with Crippen molar-refractivity contribution in [3.8, 4) is 10.6 Å². The van der Waals surface area contributed by atoms with Gasteiger partial charge in [0.2, 0.25) is 0 Å². The second-order valence-electron chi connectivity index (χ2n) is 9.27. The van der Waals surface area contributed by atoms with Crippen LogP contribution in [0.15, 0.2) is 66.4 Å². The molecule has 1 amide bonds. The minimum absolute atomic E-state index is 0.0503. The van der Waals surface area contributed by atoms with E-state index in [9.17, 15) is 9.59 Å². The summed E-state index contributed by atoms with van der Waals surface area (Å²) in [6.45, 7) is 1.60. The van der Waals surface area contributed by atoms with Crippen LogP contribution in [0.1, 0.15) is 65.8 Å². The third-order valence-corrected chi connectivity index (χ3v) is 7.76. The number of thiazole rings is 1. The van der Waals surface area contributed by atoms with Crippen LogP contribution < -0.4 is 0 Å². The topological polar surface area (TPSA) is 67.6 Å². The number of amides is 1. The van der Waals surface area contributed by atoms with E-state index in [1.54, 1.807) is 6.20 Å². The molecule has 0 radical (unpaired) electrons. The number of hydrogen-bond donors (Lipinski definition) is 0. The summed E-state index contributed by atoms with van der Waals surface area (Å²) < 4.78 is 1.89. The second-order valence-corrected chi connectivity index (χ2v) is 10.1. The van der Waals surface area contributed by atoms with Gasteiger partial charge in [0.25, 0.3) is 5.91 Å². The van der Waals surface area contributed by atoms with Crippen LogP contribution in [0.5, 0.6) is 0 Å².